The molecule has 3 nitrogen and oxygen atoms in total. The molecule has 6 heteroatoms. The summed E-state index contributed by atoms with van der Waals surface area (Å²) in [6, 6.07) is 0. The molecular formula is C9H15F3N2O. The van der Waals surface area contributed by atoms with Crippen LogP contribution in [0.15, 0.2) is 0 Å². The van der Waals surface area contributed by atoms with Crippen LogP contribution in [0.2, 0.25) is 0 Å². The Bertz CT molecular complexity index is 214. The molecule has 1 amide bonds. The molecule has 1 fully saturated rings. The number of carbonyl (C=O) groups is 1. The third-order valence-electron chi connectivity index (χ3n) is 2.20. The summed E-state index contributed by atoms with van der Waals surface area (Å²) >= 11 is 0. The van der Waals surface area contributed by atoms with Gasteiger partial charge in [0.15, 0.2) is 0 Å². The second-order valence-electron chi connectivity index (χ2n) is 3.80. The largest absolute Gasteiger partial charge is 0.405 e. The van der Waals surface area contributed by atoms with Crippen molar-refractivity contribution in [3.05, 3.63) is 0 Å². The minimum absolute atomic E-state index is 0.0389. The van der Waals surface area contributed by atoms with Crippen molar-refractivity contribution >= 4 is 5.91 Å². The summed E-state index contributed by atoms with van der Waals surface area (Å²) in [5.41, 5.74) is 0. The molecule has 0 spiro atoms. The fourth-order valence-electron chi connectivity index (χ4n) is 1.18. The summed E-state index contributed by atoms with van der Waals surface area (Å²) in [4.78, 5) is 10.9. The minimum atomic E-state index is -4.33. The number of rotatable bonds is 6. The lowest BCUT2D eigenvalue weighted by Crippen LogP contribution is -2.39. The quantitative estimate of drug-likeness (QED) is 0.662. The molecule has 0 aromatic carbocycles. The van der Waals surface area contributed by atoms with Crippen LogP contribution in [0.1, 0.15) is 19.3 Å². The highest BCUT2D eigenvalue weighted by Crippen LogP contribution is 2.31. The summed E-state index contributed by atoms with van der Waals surface area (Å²) in [5, 5.41) is 4.61. The van der Waals surface area contributed by atoms with Crippen molar-refractivity contribution in [1.29, 1.82) is 0 Å². The molecule has 1 aliphatic rings. The number of nitrogens with one attached hydrogen (secondary N) is 2. The Morgan fingerprint density at radius 3 is 2.53 bits per heavy atom. The lowest BCUT2D eigenvalue weighted by molar-refractivity contribution is -0.137. The Balaban J connectivity index is 1.93. The lowest BCUT2D eigenvalue weighted by atomic mass is 10.3. The van der Waals surface area contributed by atoms with Gasteiger partial charge in [0, 0.05) is 0 Å². The molecule has 0 radical (unpaired) electrons. The van der Waals surface area contributed by atoms with Crippen molar-refractivity contribution in [3.8, 4) is 0 Å². The molecule has 15 heavy (non-hydrogen) atoms. The van der Waals surface area contributed by atoms with Gasteiger partial charge in [-0.05, 0) is 18.9 Å². The van der Waals surface area contributed by atoms with E-state index in [4.69, 9.17) is 0 Å². The number of hydrogen-bond acceptors (Lipinski definition) is 2. The second kappa shape index (κ2) is 5.34. The highest BCUT2D eigenvalue weighted by atomic mass is 19.4. The van der Waals surface area contributed by atoms with Gasteiger partial charge >= 0.3 is 6.18 Å². The maximum Gasteiger partial charge on any atom is 0.405 e. The van der Waals surface area contributed by atoms with Crippen molar-refractivity contribution in [1.82, 2.24) is 10.6 Å². The van der Waals surface area contributed by atoms with E-state index < -0.39 is 18.6 Å². The van der Waals surface area contributed by atoms with Crippen LogP contribution >= 0.6 is 0 Å². The topological polar surface area (TPSA) is 41.1 Å². The van der Waals surface area contributed by atoms with Crippen LogP contribution in [0.25, 0.3) is 0 Å². The zero-order valence-electron chi connectivity index (χ0n) is 8.36. The molecule has 0 aromatic heterocycles. The number of halogens is 3. The first-order chi connectivity index (χ1) is 6.97. The zero-order valence-corrected chi connectivity index (χ0v) is 8.36. The van der Waals surface area contributed by atoms with Crippen LogP contribution in [-0.2, 0) is 4.79 Å². The van der Waals surface area contributed by atoms with Gasteiger partial charge in [-0.25, -0.2) is 0 Å². The van der Waals surface area contributed by atoms with Gasteiger partial charge in [0.1, 0.15) is 6.54 Å². The summed E-state index contributed by atoms with van der Waals surface area (Å²) in [5.74, 6) is 0.152. The van der Waals surface area contributed by atoms with Crippen molar-refractivity contribution in [3.63, 3.8) is 0 Å². The summed E-state index contributed by atoms with van der Waals surface area (Å²) in [7, 11) is 0. The predicted octanol–water partition coefficient (Wildman–Crippen LogP) is 1.05. The second-order valence-corrected chi connectivity index (χ2v) is 3.80. The Labute approximate surface area is 86.4 Å². The molecule has 0 atom stereocenters. The van der Waals surface area contributed by atoms with Gasteiger partial charge in [-0.2, -0.15) is 13.2 Å². The van der Waals surface area contributed by atoms with E-state index in [2.05, 4.69) is 5.32 Å². The predicted molar refractivity (Wildman–Crippen MR) is 49.3 cm³/mol. The smallest absolute Gasteiger partial charge is 0.346 e. The van der Waals surface area contributed by atoms with Gasteiger partial charge < -0.3 is 10.6 Å². The van der Waals surface area contributed by atoms with Crippen molar-refractivity contribution in [2.45, 2.75) is 25.4 Å². The molecule has 1 aliphatic carbocycles. The van der Waals surface area contributed by atoms with Crippen LogP contribution in [0.4, 0.5) is 13.2 Å². The molecule has 0 unspecified atom stereocenters. The van der Waals surface area contributed by atoms with E-state index in [0.717, 1.165) is 12.3 Å². The van der Waals surface area contributed by atoms with Gasteiger partial charge in [0.25, 0.3) is 0 Å². The highest BCUT2D eigenvalue weighted by molar-refractivity contribution is 5.77. The average Bonchev–Trinajstić information content (AvgIpc) is 2.91. The molecule has 0 heterocycles. The van der Waals surface area contributed by atoms with Crippen LogP contribution in [0.3, 0.4) is 0 Å². The molecule has 2 N–H and O–H groups in total. The third-order valence-corrected chi connectivity index (χ3v) is 2.20. The number of carbonyl (C=O) groups excluding carboxylic acids is 1. The average molecular weight is 224 g/mol. The molecule has 1 saturated carbocycles. The molecular weight excluding hydrogens is 209 g/mol. The molecule has 0 aromatic rings. The highest BCUT2D eigenvalue weighted by Gasteiger charge is 2.27. The Morgan fingerprint density at radius 2 is 2.00 bits per heavy atom. The number of amides is 1. The third kappa shape index (κ3) is 7.18. The SMILES string of the molecule is O=C(CNCCC1CC1)NCC(F)(F)F. The maximum absolute atomic E-state index is 11.7. The van der Waals surface area contributed by atoms with E-state index in [1.165, 1.54) is 12.8 Å². The van der Waals surface area contributed by atoms with Gasteiger partial charge in [0.05, 0.1) is 6.54 Å². The van der Waals surface area contributed by atoms with Crippen molar-refractivity contribution in [2.75, 3.05) is 19.6 Å². The number of alkyl halides is 3. The molecule has 0 aliphatic heterocycles. The van der Waals surface area contributed by atoms with E-state index >= 15 is 0 Å². The van der Waals surface area contributed by atoms with E-state index in [1.807, 2.05) is 0 Å². The standard InChI is InChI=1S/C9H15F3N2O/c10-9(11,12)6-14-8(15)5-13-4-3-7-1-2-7/h7,13H,1-6H2,(H,14,15). The zero-order chi connectivity index (χ0) is 11.3. The Hall–Kier alpha value is -0.780. The van der Waals surface area contributed by atoms with E-state index in [9.17, 15) is 18.0 Å². The van der Waals surface area contributed by atoms with Gasteiger partial charge in [-0.1, -0.05) is 12.8 Å². The van der Waals surface area contributed by atoms with Crippen LogP contribution in [0, 0.1) is 5.92 Å². The van der Waals surface area contributed by atoms with E-state index in [1.54, 1.807) is 5.32 Å². The first-order valence-electron chi connectivity index (χ1n) is 5.01. The maximum atomic E-state index is 11.7. The van der Waals surface area contributed by atoms with Crippen molar-refractivity contribution in [2.24, 2.45) is 5.92 Å². The normalized spacial score (nSPS) is 16.5. The van der Waals surface area contributed by atoms with Crippen molar-refractivity contribution < 1.29 is 18.0 Å². The summed E-state index contributed by atoms with van der Waals surface area (Å²) in [6.07, 6.45) is -0.847. The minimum Gasteiger partial charge on any atom is -0.346 e. The monoisotopic (exact) mass is 224 g/mol. The molecule has 1 rings (SSSR count). The Morgan fingerprint density at radius 1 is 1.33 bits per heavy atom. The molecule has 0 bridgehead atoms. The van der Waals surface area contributed by atoms with Gasteiger partial charge in [0.2, 0.25) is 5.91 Å². The fourth-order valence-corrected chi connectivity index (χ4v) is 1.18. The first-order valence-corrected chi connectivity index (χ1v) is 5.01. The fraction of sp³-hybridized carbons (Fsp3) is 0.889. The lowest BCUT2D eigenvalue weighted by Gasteiger charge is -2.08. The Kier molecular flexibility index (Phi) is 4.38. The van der Waals surface area contributed by atoms with Crippen LogP contribution in [0.5, 0.6) is 0 Å². The summed E-state index contributed by atoms with van der Waals surface area (Å²) in [6.45, 7) is -0.594. The first kappa shape index (κ1) is 12.3. The van der Waals surface area contributed by atoms with E-state index in [0.29, 0.717) is 6.54 Å². The summed E-state index contributed by atoms with van der Waals surface area (Å²) < 4.78 is 35.0. The van der Waals surface area contributed by atoms with Crippen LogP contribution in [-0.4, -0.2) is 31.7 Å². The molecule has 0 saturated heterocycles. The van der Waals surface area contributed by atoms with Crippen LogP contribution < -0.4 is 10.6 Å². The van der Waals surface area contributed by atoms with E-state index in [-0.39, 0.29) is 6.54 Å². The molecule has 88 valence electrons. The van der Waals surface area contributed by atoms with Gasteiger partial charge in [-0.3, -0.25) is 4.79 Å². The van der Waals surface area contributed by atoms with Gasteiger partial charge in [-0.15, -0.1) is 0 Å². The number of hydrogen-bond donors (Lipinski definition) is 2.